The van der Waals surface area contributed by atoms with Gasteiger partial charge >= 0.3 is 0 Å². The monoisotopic (exact) mass is 246 g/mol. The lowest BCUT2D eigenvalue weighted by Crippen LogP contribution is -2.15. The predicted octanol–water partition coefficient (Wildman–Crippen LogP) is 1.91. The van der Waals surface area contributed by atoms with E-state index in [2.05, 4.69) is 20.6 Å². The van der Waals surface area contributed by atoms with Gasteiger partial charge in [0, 0.05) is 13.2 Å². The number of nitrogens with one attached hydrogen (secondary N) is 2. The minimum Gasteiger partial charge on any atom is -0.372 e. The zero-order chi connectivity index (χ0) is 13.0. The fourth-order valence-electron chi connectivity index (χ4n) is 1.45. The van der Waals surface area contributed by atoms with Crippen LogP contribution in [0.2, 0.25) is 0 Å². The van der Waals surface area contributed by atoms with Crippen molar-refractivity contribution < 1.29 is 9.18 Å². The number of carbonyl (C=O) groups is 1. The molecule has 2 heterocycles. The highest BCUT2D eigenvalue weighted by Gasteiger charge is 2.13. The van der Waals surface area contributed by atoms with Crippen LogP contribution in [0.1, 0.15) is 10.4 Å². The lowest BCUT2D eigenvalue weighted by atomic mass is 10.2. The fraction of sp³-hybridized carbons (Fsp3) is 0.0833. The molecule has 0 aliphatic heterocycles. The maximum absolute atomic E-state index is 13.1. The first-order chi connectivity index (χ1) is 8.70. The third kappa shape index (κ3) is 2.60. The minimum atomic E-state index is -0.565. The van der Waals surface area contributed by atoms with Gasteiger partial charge in [0.15, 0.2) is 0 Å². The van der Waals surface area contributed by atoms with E-state index in [0.29, 0.717) is 11.5 Å². The molecule has 2 aromatic heterocycles. The van der Waals surface area contributed by atoms with Crippen LogP contribution in [0, 0.1) is 5.82 Å². The quantitative estimate of drug-likeness (QED) is 0.868. The van der Waals surface area contributed by atoms with Gasteiger partial charge in [-0.1, -0.05) is 0 Å². The van der Waals surface area contributed by atoms with Crippen LogP contribution in [-0.4, -0.2) is 22.9 Å². The van der Waals surface area contributed by atoms with Crippen molar-refractivity contribution in [2.75, 3.05) is 17.7 Å². The van der Waals surface area contributed by atoms with Gasteiger partial charge in [-0.05, 0) is 18.2 Å². The van der Waals surface area contributed by atoms with Crippen molar-refractivity contribution in [1.82, 2.24) is 9.97 Å². The zero-order valence-corrected chi connectivity index (χ0v) is 9.64. The second kappa shape index (κ2) is 5.22. The molecule has 0 aliphatic carbocycles. The number of rotatable bonds is 3. The topological polar surface area (TPSA) is 66.9 Å². The Hall–Kier alpha value is -2.50. The van der Waals surface area contributed by atoms with Gasteiger partial charge in [-0.15, -0.1) is 0 Å². The fourth-order valence-corrected chi connectivity index (χ4v) is 1.45. The Bertz CT molecular complexity index is 559. The summed E-state index contributed by atoms with van der Waals surface area (Å²) in [4.78, 5) is 19.6. The molecule has 0 saturated carbocycles. The van der Waals surface area contributed by atoms with E-state index >= 15 is 0 Å². The standard InChI is InChI=1S/C12H11FN4O/c1-14-11-10(5-8(13)6-16-11)12(18)17-9-3-2-4-15-7-9/h2-7H,1H3,(H,14,16)(H,17,18). The van der Waals surface area contributed by atoms with Crippen molar-refractivity contribution in [3.8, 4) is 0 Å². The summed E-state index contributed by atoms with van der Waals surface area (Å²) in [6, 6.07) is 4.51. The van der Waals surface area contributed by atoms with Gasteiger partial charge < -0.3 is 10.6 Å². The van der Waals surface area contributed by atoms with Crippen LogP contribution >= 0.6 is 0 Å². The lowest BCUT2D eigenvalue weighted by Gasteiger charge is -2.08. The smallest absolute Gasteiger partial charge is 0.259 e. The molecular weight excluding hydrogens is 235 g/mol. The summed E-state index contributed by atoms with van der Waals surface area (Å²) in [7, 11) is 1.61. The number of aromatic nitrogens is 2. The summed E-state index contributed by atoms with van der Waals surface area (Å²) in [6.07, 6.45) is 4.15. The average molecular weight is 246 g/mol. The molecule has 2 rings (SSSR count). The van der Waals surface area contributed by atoms with E-state index in [9.17, 15) is 9.18 Å². The largest absolute Gasteiger partial charge is 0.372 e. The molecule has 0 atom stereocenters. The van der Waals surface area contributed by atoms with E-state index in [4.69, 9.17) is 0 Å². The number of nitrogens with zero attached hydrogens (tertiary/aromatic N) is 2. The van der Waals surface area contributed by atoms with Gasteiger partial charge in [0.25, 0.3) is 5.91 Å². The van der Waals surface area contributed by atoms with E-state index in [0.717, 1.165) is 12.3 Å². The van der Waals surface area contributed by atoms with Gasteiger partial charge in [0.1, 0.15) is 11.6 Å². The summed E-state index contributed by atoms with van der Waals surface area (Å²) in [5, 5.41) is 5.35. The highest BCUT2D eigenvalue weighted by Crippen LogP contribution is 2.15. The van der Waals surface area contributed by atoms with Crippen molar-refractivity contribution in [3.05, 3.63) is 48.2 Å². The van der Waals surface area contributed by atoms with Crippen LogP contribution in [-0.2, 0) is 0 Å². The maximum atomic E-state index is 13.1. The summed E-state index contributed by atoms with van der Waals surface area (Å²) in [6.45, 7) is 0. The van der Waals surface area contributed by atoms with E-state index in [1.807, 2.05) is 0 Å². The van der Waals surface area contributed by atoms with Crippen LogP contribution in [0.4, 0.5) is 15.9 Å². The molecule has 2 N–H and O–H groups in total. The number of pyridine rings is 2. The molecule has 0 unspecified atom stereocenters. The summed E-state index contributed by atoms with van der Waals surface area (Å²) < 4.78 is 13.1. The average Bonchev–Trinajstić information content (AvgIpc) is 2.40. The van der Waals surface area contributed by atoms with Crippen LogP contribution in [0.15, 0.2) is 36.8 Å². The minimum absolute atomic E-state index is 0.140. The Morgan fingerprint density at radius 1 is 1.39 bits per heavy atom. The number of hydrogen-bond donors (Lipinski definition) is 2. The molecule has 0 fully saturated rings. The van der Waals surface area contributed by atoms with Crippen molar-refractivity contribution in [3.63, 3.8) is 0 Å². The van der Waals surface area contributed by atoms with E-state index < -0.39 is 11.7 Å². The van der Waals surface area contributed by atoms with Gasteiger partial charge in [0.2, 0.25) is 0 Å². The normalized spacial score (nSPS) is 9.89. The summed E-state index contributed by atoms with van der Waals surface area (Å²) in [5.74, 6) is -0.692. The summed E-state index contributed by atoms with van der Waals surface area (Å²) in [5.41, 5.74) is 0.676. The van der Waals surface area contributed by atoms with E-state index in [1.165, 1.54) is 6.20 Å². The predicted molar refractivity (Wildman–Crippen MR) is 65.9 cm³/mol. The Balaban J connectivity index is 2.26. The van der Waals surface area contributed by atoms with Gasteiger partial charge in [-0.3, -0.25) is 9.78 Å². The van der Waals surface area contributed by atoms with E-state index in [1.54, 1.807) is 25.4 Å². The highest BCUT2D eigenvalue weighted by atomic mass is 19.1. The molecule has 0 saturated heterocycles. The molecule has 6 heteroatoms. The summed E-state index contributed by atoms with van der Waals surface area (Å²) >= 11 is 0. The molecule has 0 aliphatic rings. The third-order valence-electron chi connectivity index (χ3n) is 2.26. The Morgan fingerprint density at radius 3 is 2.89 bits per heavy atom. The van der Waals surface area contributed by atoms with Crippen molar-refractivity contribution in [2.45, 2.75) is 0 Å². The first-order valence-electron chi connectivity index (χ1n) is 5.25. The van der Waals surface area contributed by atoms with Crippen molar-refractivity contribution in [2.24, 2.45) is 0 Å². The molecular formula is C12H11FN4O. The second-order valence-electron chi connectivity index (χ2n) is 3.50. The number of halogens is 1. The molecule has 2 aromatic rings. The molecule has 18 heavy (non-hydrogen) atoms. The molecule has 1 amide bonds. The molecule has 0 aromatic carbocycles. The Labute approximate surface area is 103 Å². The van der Waals surface area contributed by atoms with Crippen molar-refractivity contribution >= 4 is 17.4 Å². The molecule has 0 spiro atoms. The van der Waals surface area contributed by atoms with Gasteiger partial charge in [0.05, 0.1) is 23.6 Å². The molecule has 0 bridgehead atoms. The van der Waals surface area contributed by atoms with Crippen molar-refractivity contribution in [1.29, 1.82) is 0 Å². The van der Waals surface area contributed by atoms with Gasteiger partial charge in [-0.2, -0.15) is 0 Å². The van der Waals surface area contributed by atoms with Crippen LogP contribution in [0.3, 0.4) is 0 Å². The Kier molecular flexibility index (Phi) is 3.47. The maximum Gasteiger partial charge on any atom is 0.259 e. The second-order valence-corrected chi connectivity index (χ2v) is 3.50. The van der Waals surface area contributed by atoms with Crippen LogP contribution in [0.25, 0.3) is 0 Å². The number of amides is 1. The van der Waals surface area contributed by atoms with Crippen LogP contribution < -0.4 is 10.6 Å². The van der Waals surface area contributed by atoms with Gasteiger partial charge in [-0.25, -0.2) is 9.37 Å². The molecule has 92 valence electrons. The molecule has 0 radical (unpaired) electrons. The first-order valence-corrected chi connectivity index (χ1v) is 5.25. The SMILES string of the molecule is CNc1ncc(F)cc1C(=O)Nc1cccnc1. The number of hydrogen-bond acceptors (Lipinski definition) is 4. The Morgan fingerprint density at radius 2 is 2.22 bits per heavy atom. The number of anilines is 2. The zero-order valence-electron chi connectivity index (χ0n) is 9.64. The lowest BCUT2D eigenvalue weighted by molar-refractivity contribution is 0.102. The highest BCUT2D eigenvalue weighted by molar-refractivity contribution is 6.07. The van der Waals surface area contributed by atoms with Crippen LogP contribution in [0.5, 0.6) is 0 Å². The van der Waals surface area contributed by atoms with E-state index in [-0.39, 0.29) is 5.56 Å². The molecule has 5 nitrogen and oxygen atoms in total. The first kappa shape index (κ1) is 12.0. The number of carbonyl (C=O) groups excluding carboxylic acids is 1. The third-order valence-corrected chi connectivity index (χ3v) is 2.26.